The lowest BCUT2D eigenvalue weighted by Crippen LogP contribution is -2.13. The van der Waals surface area contributed by atoms with E-state index in [2.05, 4.69) is 5.32 Å². The molecule has 0 heterocycles. The summed E-state index contributed by atoms with van der Waals surface area (Å²) in [7, 11) is 1.57. The summed E-state index contributed by atoms with van der Waals surface area (Å²) < 4.78 is 10.9. The van der Waals surface area contributed by atoms with E-state index in [0.29, 0.717) is 34.4 Å². The zero-order valence-corrected chi connectivity index (χ0v) is 17.0. The van der Waals surface area contributed by atoms with Gasteiger partial charge in [-0.2, -0.15) is 5.26 Å². The van der Waals surface area contributed by atoms with Crippen molar-refractivity contribution in [2.45, 2.75) is 6.61 Å². The second-order valence-electron chi connectivity index (χ2n) is 6.34. The molecule has 0 aliphatic heterocycles. The summed E-state index contributed by atoms with van der Waals surface area (Å²) in [5, 5.41) is 12.8. The van der Waals surface area contributed by atoms with Crippen LogP contribution in [0.2, 0.25) is 5.02 Å². The molecule has 0 spiro atoms. The van der Waals surface area contributed by atoms with Crippen molar-refractivity contribution in [2.75, 3.05) is 12.4 Å². The molecule has 3 rings (SSSR count). The number of carbonyl (C=O) groups excluding carboxylic acids is 1. The van der Waals surface area contributed by atoms with Gasteiger partial charge in [0.05, 0.1) is 7.11 Å². The molecule has 0 unspecified atom stereocenters. The molecule has 0 atom stereocenters. The van der Waals surface area contributed by atoms with Gasteiger partial charge in [-0.1, -0.05) is 35.9 Å². The summed E-state index contributed by atoms with van der Waals surface area (Å²) in [5.41, 5.74) is 2.23. The van der Waals surface area contributed by atoms with Crippen LogP contribution in [-0.4, -0.2) is 13.0 Å². The third-order valence-corrected chi connectivity index (χ3v) is 4.45. The first kappa shape index (κ1) is 21.0. The summed E-state index contributed by atoms with van der Waals surface area (Å²) in [4.78, 5) is 12.5. The van der Waals surface area contributed by atoms with E-state index >= 15 is 0 Å². The molecule has 0 aliphatic rings. The standard InChI is InChI=1S/C24H19ClN2O3/c1-29-22-11-9-21(10-12-22)27-24(28)19(15-26)13-18-3-2-4-23(14-18)30-16-17-5-7-20(25)8-6-17/h2-14H,16H2,1H3,(H,27,28)/b19-13-. The minimum atomic E-state index is -0.491. The Labute approximate surface area is 180 Å². The van der Waals surface area contributed by atoms with E-state index in [0.717, 1.165) is 5.56 Å². The number of nitrogens with zero attached hydrogens (tertiary/aromatic N) is 1. The zero-order valence-electron chi connectivity index (χ0n) is 16.3. The normalized spacial score (nSPS) is 10.8. The van der Waals surface area contributed by atoms with Gasteiger partial charge in [0.25, 0.3) is 5.91 Å². The van der Waals surface area contributed by atoms with Gasteiger partial charge >= 0.3 is 0 Å². The Morgan fingerprint density at radius 2 is 1.80 bits per heavy atom. The van der Waals surface area contributed by atoms with Crippen molar-refractivity contribution in [1.82, 2.24) is 0 Å². The summed E-state index contributed by atoms with van der Waals surface area (Å²) >= 11 is 5.89. The molecule has 30 heavy (non-hydrogen) atoms. The SMILES string of the molecule is COc1ccc(NC(=O)/C(C#N)=C\c2cccc(OCc3ccc(Cl)cc3)c2)cc1. The number of ether oxygens (including phenoxy) is 2. The van der Waals surface area contributed by atoms with Gasteiger partial charge in [0.15, 0.2) is 0 Å². The molecule has 1 amide bonds. The Balaban J connectivity index is 1.68. The molecule has 0 fully saturated rings. The predicted octanol–water partition coefficient (Wildman–Crippen LogP) is 5.47. The topological polar surface area (TPSA) is 71.3 Å². The Kier molecular flexibility index (Phi) is 7.09. The van der Waals surface area contributed by atoms with E-state index in [1.807, 2.05) is 24.3 Å². The average Bonchev–Trinajstić information content (AvgIpc) is 2.78. The van der Waals surface area contributed by atoms with Crippen molar-refractivity contribution in [3.05, 3.63) is 94.5 Å². The number of carbonyl (C=O) groups is 1. The van der Waals surface area contributed by atoms with Crippen molar-refractivity contribution >= 4 is 29.3 Å². The van der Waals surface area contributed by atoms with E-state index in [1.54, 1.807) is 61.7 Å². The van der Waals surface area contributed by atoms with Crippen molar-refractivity contribution in [2.24, 2.45) is 0 Å². The number of anilines is 1. The number of rotatable bonds is 7. The summed E-state index contributed by atoms with van der Waals surface area (Å²) in [6.45, 7) is 0.382. The number of hydrogen-bond donors (Lipinski definition) is 1. The third-order valence-electron chi connectivity index (χ3n) is 4.20. The maximum Gasteiger partial charge on any atom is 0.266 e. The van der Waals surface area contributed by atoms with Crippen LogP contribution in [0, 0.1) is 11.3 Å². The van der Waals surface area contributed by atoms with Crippen molar-refractivity contribution in [3.8, 4) is 17.6 Å². The number of methoxy groups -OCH3 is 1. The molecule has 150 valence electrons. The van der Waals surface area contributed by atoms with Gasteiger partial charge < -0.3 is 14.8 Å². The van der Waals surface area contributed by atoms with Crippen LogP contribution in [0.3, 0.4) is 0 Å². The highest BCUT2D eigenvalue weighted by Gasteiger charge is 2.10. The number of hydrogen-bond acceptors (Lipinski definition) is 4. The quantitative estimate of drug-likeness (QED) is 0.407. The largest absolute Gasteiger partial charge is 0.497 e. The van der Waals surface area contributed by atoms with Crippen LogP contribution < -0.4 is 14.8 Å². The number of benzene rings is 3. The monoisotopic (exact) mass is 418 g/mol. The molecule has 5 nitrogen and oxygen atoms in total. The maximum atomic E-state index is 12.5. The zero-order chi connectivity index (χ0) is 21.3. The fraction of sp³-hybridized carbons (Fsp3) is 0.0833. The molecule has 3 aromatic carbocycles. The number of nitriles is 1. The molecule has 6 heteroatoms. The molecule has 1 N–H and O–H groups in total. The van der Waals surface area contributed by atoms with Crippen LogP contribution in [0.4, 0.5) is 5.69 Å². The first-order chi connectivity index (χ1) is 14.6. The van der Waals surface area contributed by atoms with Gasteiger partial charge in [-0.15, -0.1) is 0 Å². The van der Waals surface area contributed by atoms with Crippen LogP contribution in [0.5, 0.6) is 11.5 Å². The van der Waals surface area contributed by atoms with Gasteiger partial charge in [-0.05, 0) is 65.7 Å². The van der Waals surface area contributed by atoms with Crippen molar-refractivity contribution < 1.29 is 14.3 Å². The second kappa shape index (κ2) is 10.1. The molecule has 0 saturated heterocycles. The fourth-order valence-electron chi connectivity index (χ4n) is 2.63. The van der Waals surface area contributed by atoms with Crippen molar-refractivity contribution in [3.63, 3.8) is 0 Å². The molecular weight excluding hydrogens is 400 g/mol. The summed E-state index contributed by atoms with van der Waals surface area (Å²) in [6.07, 6.45) is 1.52. The molecule has 0 bridgehead atoms. The van der Waals surface area contributed by atoms with Gasteiger partial charge in [0.2, 0.25) is 0 Å². The van der Waals surface area contributed by atoms with E-state index in [1.165, 1.54) is 6.08 Å². The molecular formula is C24H19ClN2O3. The molecule has 0 radical (unpaired) electrons. The van der Waals surface area contributed by atoms with Crippen LogP contribution in [0.15, 0.2) is 78.4 Å². The van der Waals surface area contributed by atoms with Crippen LogP contribution in [0.25, 0.3) is 6.08 Å². The Morgan fingerprint density at radius 3 is 2.47 bits per heavy atom. The lowest BCUT2D eigenvalue weighted by Gasteiger charge is -2.08. The maximum absolute atomic E-state index is 12.5. The van der Waals surface area contributed by atoms with Crippen LogP contribution in [0.1, 0.15) is 11.1 Å². The molecule has 0 saturated carbocycles. The van der Waals surface area contributed by atoms with E-state index in [4.69, 9.17) is 21.1 Å². The minimum Gasteiger partial charge on any atom is -0.497 e. The molecule has 3 aromatic rings. The lowest BCUT2D eigenvalue weighted by molar-refractivity contribution is -0.112. The lowest BCUT2D eigenvalue weighted by atomic mass is 10.1. The minimum absolute atomic E-state index is 0.0133. The van der Waals surface area contributed by atoms with Gasteiger partial charge in [0, 0.05) is 10.7 Å². The summed E-state index contributed by atoms with van der Waals surface area (Å²) in [6, 6.07) is 23.4. The smallest absolute Gasteiger partial charge is 0.266 e. The number of halogens is 1. The number of amides is 1. The summed E-state index contributed by atoms with van der Waals surface area (Å²) in [5.74, 6) is 0.821. The highest BCUT2D eigenvalue weighted by Crippen LogP contribution is 2.19. The number of nitrogens with one attached hydrogen (secondary N) is 1. The molecule has 0 aliphatic carbocycles. The first-order valence-corrected chi connectivity index (χ1v) is 9.49. The van der Waals surface area contributed by atoms with Crippen LogP contribution in [-0.2, 0) is 11.4 Å². The van der Waals surface area contributed by atoms with Crippen LogP contribution >= 0.6 is 11.6 Å². The van der Waals surface area contributed by atoms with Gasteiger partial charge in [-0.3, -0.25) is 4.79 Å². The third kappa shape index (κ3) is 5.87. The predicted molar refractivity (Wildman–Crippen MR) is 117 cm³/mol. The Morgan fingerprint density at radius 1 is 1.07 bits per heavy atom. The van der Waals surface area contributed by atoms with E-state index in [9.17, 15) is 10.1 Å². The Bertz CT molecular complexity index is 1080. The second-order valence-corrected chi connectivity index (χ2v) is 6.78. The van der Waals surface area contributed by atoms with E-state index in [-0.39, 0.29) is 5.57 Å². The average molecular weight is 419 g/mol. The molecule has 0 aromatic heterocycles. The first-order valence-electron chi connectivity index (χ1n) is 9.12. The highest BCUT2D eigenvalue weighted by molar-refractivity contribution is 6.30. The van der Waals surface area contributed by atoms with Crippen molar-refractivity contribution in [1.29, 1.82) is 5.26 Å². The fourth-order valence-corrected chi connectivity index (χ4v) is 2.76. The highest BCUT2D eigenvalue weighted by atomic mass is 35.5. The van der Waals surface area contributed by atoms with E-state index < -0.39 is 5.91 Å². The Hall–Kier alpha value is -3.75. The van der Waals surface area contributed by atoms with Gasteiger partial charge in [0.1, 0.15) is 29.7 Å². The van der Waals surface area contributed by atoms with Gasteiger partial charge in [-0.25, -0.2) is 0 Å².